The molecule has 0 radical (unpaired) electrons. The zero-order valence-electron chi connectivity index (χ0n) is 12.9. The number of carbonyl (C=O) groups is 1. The minimum absolute atomic E-state index is 0.0496. The number of nitrogens with zero attached hydrogens (tertiary/aromatic N) is 1. The number of likely N-dealkylation sites (tertiary alicyclic amines) is 1. The third-order valence-electron chi connectivity index (χ3n) is 6.28. The van der Waals surface area contributed by atoms with E-state index >= 15 is 0 Å². The highest BCUT2D eigenvalue weighted by Gasteiger charge is 2.68. The minimum atomic E-state index is -1.10. The van der Waals surface area contributed by atoms with Crippen LogP contribution in [0.5, 0.6) is 11.5 Å². The molecule has 23 heavy (non-hydrogen) atoms. The number of fused-ring (bicyclic) bond motifs is 1. The van der Waals surface area contributed by atoms with Crippen molar-refractivity contribution in [3.8, 4) is 11.5 Å². The van der Waals surface area contributed by atoms with Gasteiger partial charge in [-0.1, -0.05) is 22.0 Å². The molecule has 3 aliphatic rings. The number of phenolic OH excluding ortho intramolecular Hbond substituents is 2. The van der Waals surface area contributed by atoms with Gasteiger partial charge in [0.2, 0.25) is 0 Å². The number of Topliss-reactive ketones (excluding diaryl/α,β-unsaturated/α-hetero) is 1. The van der Waals surface area contributed by atoms with E-state index in [2.05, 4.69) is 20.8 Å². The number of phenols is 2. The van der Waals surface area contributed by atoms with Crippen molar-refractivity contribution in [1.29, 1.82) is 0 Å². The molecule has 5 nitrogen and oxygen atoms in total. The van der Waals surface area contributed by atoms with E-state index in [0.717, 1.165) is 12.1 Å². The molecule has 1 saturated heterocycles. The Balaban J connectivity index is 2.07. The molecule has 1 aromatic carbocycles. The summed E-state index contributed by atoms with van der Waals surface area (Å²) in [5.74, 6) is -0.341. The van der Waals surface area contributed by atoms with Crippen LogP contribution in [0.1, 0.15) is 30.4 Å². The first-order chi connectivity index (χ1) is 10.8. The van der Waals surface area contributed by atoms with Gasteiger partial charge in [0, 0.05) is 18.0 Å². The average molecular weight is 382 g/mol. The standard InChI is InChI=1S/C17H20BrNO4/c1-19-7-6-16-13-9(2-3-10(20)14(13)22)8-12(19)17(16,23)5-4-11(21)15(16)18/h2-3,12,15,20,22-23H,4-8H2,1H3/t12-,15?,16+,17-/m1/s1. The van der Waals surface area contributed by atoms with Crippen molar-refractivity contribution in [3.05, 3.63) is 23.3 Å². The maximum absolute atomic E-state index is 12.5. The number of hydrogen-bond acceptors (Lipinski definition) is 5. The van der Waals surface area contributed by atoms with Crippen molar-refractivity contribution in [2.24, 2.45) is 0 Å². The Kier molecular flexibility index (Phi) is 3.16. The maximum Gasteiger partial charge on any atom is 0.161 e. The van der Waals surface area contributed by atoms with E-state index in [-0.39, 0.29) is 23.3 Å². The maximum atomic E-state index is 12.5. The number of hydrogen-bond donors (Lipinski definition) is 3. The number of aromatic hydroxyl groups is 2. The predicted molar refractivity (Wildman–Crippen MR) is 88.1 cm³/mol. The van der Waals surface area contributed by atoms with Gasteiger partial charge in [-0.2, -0.15) is 0 Å². The molecule has 6 heteroatoms. The molecule has 4 atom stereocenters. The van der Waals surface area contributed by atoms with Crippen LogP contribution in [-0.4, -0.2) is 56.1 Å². The van der Waals surface area contributed by atoms with E-state index in [4.69, 9.17) is 0 Å². The fourth-order valence-electron chi connectivity index (χ4n) is 5.13. The molecule has 4 rings (SSSR count). The third kappa shape index (κ3) is 1.67. The van der Waals surface area contributed by atoms with Crippen LogP contribution < -0.4 is 0 Å². The van der Waals surface area contributed by atoms with Crippen LogP contribution in [-0.2, 0) is 16.6 Å². The van der Waals surface area contributed by atoms with Crippen LogP contribution in [0.3, 0.4) is 0 Å². The summed E-state index contributed by atoms with van der Waals surface area (Å²) in [5, 5.41) is 32.2. The zero-order chi connectivity index (χ0) is 16.6. The van der Waals surface area contributed by atoms with E-state index in [0.29, 0.717) is 31.2 Å². The van der Waals surface area contributed by atoms with Crippen molar-refractivity contribution in [3.63, 3.8) is 0 Å². The second kappa shape index (κ2) is 4.71. The molecule has 2 aliphatic carbocycles. The Labute approximate surface area is 143 Å². The number of alkyl halides is 1. The number of halogens is 1. The number of aliphatic hydroxyl groups is 1. The van der Waals surface area contributed by atoms with E-state index in [9.17, 15) is 20.1 Å². The number of carbonyl (C=O) groups excluding carboxylic acids is 1. The second-order valence-electron chi connectivity index (χ2n) is 7.14. The number of likely N-dealkylation sites (N-methyl/N-ethyl adjacent to an activating group) is 1. The molecule has 2 fully saturated rings. The van der Waals surface area contributed by atoms with Gasteiger partial charge in [0.05, 0.1) is 15.8 Å². The highest BCUT2D eigenvalue weighted by Crippen LogP contribution is 2.61. The van der Waals surface area contributed by atoms with Gasteiger partial charge in [0.1, 0.15) is 5.78 Å². The van der Waals surface area contributed by atoms with Gasteiger partial charge in [-0.25, -0.2) is 0 Å². The molecule has 1 aliphatic heterocycles. The van der Waals surface area contributed by atoms with Crippen molar-refractivity contribution < 1.29 is 20.1 Å². The Hall–Kier alpha value is -1.11. The zero-order valence-corrected chi connectivity index (χ0v) is 14.5. The van der Waals surface area contributed by atoms with Crippen LogP contribution in [0.15, 0.2) is 12.1 Å². The molecule has 1 unspecified atom stereocenters. The lowest BCUT2D eigenvalue weighted by Gasteiger charge is -2.64. The van der Waals surface area contributed by atoms with E-state index in [1.54, 1.807) is 6.07 Å². The monoisotopic (exact) mass is 381 g/mol. The summed E-state index contributed by atoms with van der Waals surface area (Å²) in [7, 11) is 2.00. The summed E-state index contributed by atoms with van der Waals surface area (Å²) in [6.07, 6.45) is 1.87. The van der Waals surface area contributed by atoms with Gasteiger partial charge in [-0.3, -0.25) is 4.79 Å². The molecule has 124 valence electrons. The first kappa shape index (κ1) is 15.4. The van der Waals surface area contributed by atoms with Crippen molar-refractivity contribution in [2.45, 2.75) is 47.6 Å². The molecule has 2 bridgehead atoms. The van der Waals surface area contributed by atoms with Gasteiger partial charge in [0.15, 0.2) is 11.5 Å². The highest BCUT2D eigenvalue weighted by molar-refractivity contribution is 9.10. The summed E-state index contributed by atoms with van der Waals surface area (Å²) < 4.78 is 0. The summed E-state index contributed by atoms with van der Waals surface area (Å²) >= 11 is 3.54. The molecular formula is C17H20BrNO4. The molecule has 0 spiro atoms. The molecule has 1 aromatic rings. The molecule has 1 saturated carbocycles. The van der Waals surface area contributed by atoms with Crippen molar-refractivity contribution in [2.75, 3.05) is 13.6 Å². The van der Waals surface area contributed by atoms with E-state index in [1.165, 1.54) is 6.07 Å². The Morgan fingerprint density at radius 2 is 2.04 bits per heavy atom. The SMILES string of the molecule is CN1CC[C@@]23c4c(ccc(O)c4O)C[C@@H]1[C@]2(O)CCC(=O)C3Br. The number of ketones is 1. The lowest BCUT2D eigenvalue weighted by Crippen LogP contribution is -2.75. The largest absolute Gasteiger partial charge is 0.504 e. The molecule has 3 N–H and O–H groups in total. The van der Waals surface area contributed by atoms with Gasteiger partial charge < -0.3 is 20.2 Å². The lowest BCUT2D eigenvalue weighted by molar-refractivity contribution is -0.166. The molecule has 1 heterocycles. The van der Waals surface area contributed by atoms with Gasteiger partial charge in [-0.15, -0.1) is 0 Å². The molecular weight excluding hydrogens is 362 g/mol. The van der Waals surface area contributed by atoms with Crippen LogP contribution in [0.2, 0.25) is 0 Å². The third-order valence-corrected chi connectivity index (χ3v) is 7.58. The Bertz CT molecular complexity index is 708. The fourth-order valence-corrected chi connectivity index (χ4v) is 6.21. The van der Waals surface area contributed by atoms with Crippen LogP contribution in [0.25, 0.3) is 0 Å². The summed E-state index contributed by atoms with van der Waals surface area (Å²) in [5.41, 5.74) is -0.532. The minimum Gasteiger partial charge on any atom is -0.504 e. The smallest absolute Gasteiger partial charge is 0.161 e. The molecule has 0 amide bonds. The predicted octanol–water partition coefficient (Wildman–Crippen LogP) is 1.45. The van der Waals surface area contributed by atoms with Crippen LogP contribution >= 0.6 is 15.9 Å². The number of rotatable bonds is 0. The lowest BCUT2D eigenvalue weighted by atomic mass is 9.49. The summed E-state index contributed by atoms with van der Waals surface area (Å²) in [4.78, 5) is 14.1. The highest BCUT2D eigenvalue weighted by atomic mass is 79.9. The fraction of sp³-hybridized carbons (Fsp3) is 0.588. The summed E-state index contributed by atoms with van der Waals surface area (Å²) in [6, 6.07) is 3.19. The normalized spacial score (nSPS) is 39.7. The van der Waals surface area contributed by atoms with E-state index < -0.39 is 15.8 Å². The van der Waals surface area contributed by atoms with Crippen LogP contribution in [0, 0.1) is 0 Å². The van der Waals surface area contributed by atoms with Crippen LogP contribution in [0.4, 0.5) is 0 Å². The average Bonchev–Trinajstić information content (AvgIpc) is 2.51. The Morgan fingerprint density at radius 3 is 2.78 bits per heavy atom. The topological polar surface area (TPSA) is 81.0 Å². The second-order valence-corrected chi connectivity index (χ2v) is 8.06. The quantitative estimate of drug-likeness (QED) is 0.468. The first-order valence-corrected chi connectivity index (χ1v) is 8.88. The number of piperidine rings is 1. The van der Waals surface area contributed by atoms with E-state index in [1.807, 2.05) is 7.05 Å². The number of benzene rings is 1. The van der Waals surface area contributed by atoms with Crippen molar-refractivity contribution >= 4 is 21.7 Å². The molecule has 0 aromatic heterocycles. The Morgan fingerprint density at radius 1 is 1.30 bits per heavy atom. The van der Waals surface area contributed by atoms with Gasteiger partial charge in [-0.05, 0) is 44.5 Å². The van der Waals surface area contributed by atoms with Gasteiger partial charge in [0.25, 0.3) is 0 Å². The van der Waals surface area contributed by atoms with Crippen molar-refractivity contribution in [1.82, 2.24) is 4.90 Å². The summed E-state index contributed by atoms with van der Waals surface area (Å²) in [6.45, 7) is 0.733. The first-order valence-electron chi connectivity index (χ1n) is 7.96. The van der Waals surface area contributed by atoms with Gasteiger partial charge >= 0.3 is 0 Å².